The number of nitrogens with zero attached hydrogens (tertiary/aromatic N) is 5. The molecular weight excluding hydrogens is 426 g/mol. The number of rotatable bonds is 6. The summed E-state index contributed by atoms with van der Waals surface area (Å²) in [5, 5.41) is 5.53. The van der Waals surface area contributed by atoms with Gasteiger partial charge in [0.05, 0.1) is 25.5 Å². The highest BCUT2D eigenvalue weighted by molar-refractivity contribution is 5.98. The number of likely N-dealkylation sites (N-methyl/N-ethyl adjacent to an activating group) is 1. The summed E-state index contributed by atoms with van der Waals surface area (Å²) in [7, 11) is 6.55. The molecule has 0 spiro atoms. The molecule has 1 aliphatic heterocycles. The second-order valence-electron chi connectivity index (χ2n) is 9.14. The molecule has 33 heavy (non-hydrogen) atoms. The van der Waals surface area contributed by atoms with Crippen molar-refractivity contribution in [3.05, 3.63) is 17.6 Å². The molecule has 0 fully saturated rings. The molecule has 1 atom stereocenters. The zero-order chi connectivity index (χ0) is 24.3. The number of carbonyl (C=O) groups is 2. The molecule has 2 aromatic rings. The first-order valence-corrected chi connectivity index (χ1v) is 10.9. The first-order valence-electron chi connectivity index (χ1n) is 10.9. The summed E-state index contributed by atoms with van der Waals surface area (Å²) in [5.74, 6) is 0.176. The van der Waals surface area contributed by atoms with Gasteiger partial charge in [-0.25, -0.2) is 9.97 Å². The lowest BCUT2D eigenvalue weighted by Gasteiger charge is -2.29. The van der Waals surface area contributed by atoms with Crippen molar-refractivity contribution in [3.63, 3.8) is 0 Å². The molecule has 2 N–H and O–H groups in total. The van der Waals surface area contributed by atoms with Gasteiger partial charge in [-0.2, -0.15) is 4.98 Å². The van der Waals surface area contributed by atoms with Gasteiger partial charge in [0.2, 0.25) is 11.8 Å². The van der Waals surface area contributed by atoms with Gasteiger partial charge in [-0.15, -0.1) is 0 Å². The van der Waals surface area contributed by atoms with Gasteiger partial charge in [-0.05, 0) is 25.4 Å². The predicted molar refractivity (Wildman–Crippen MR) is 122 cm³/mol. The molecule has 0 bridgehead atoms. The first kappa shape index (κ1) is 24.4. The summed E-state index contributed by atoms with van der Waals surface area (Å²) in [4.78, 5) is 41.3. The molecule has 0 radical (unpaired) electrons. The van der Waals surface area contributed by atoms with Crippen molar-refractivity contribution in [3.8, 4) is 23.3 Å². The predicted octanol–water partition coefficient (Wildman–Crippen LogP) is 1.08. The fraction of sp³-hybridized carbons (Fsp3) is 0.591. The number of amides is 2. The van der Waals surface area contributed by atoms with E-state index in [1.165, 1.54) is 14.2 Å². The first-order chi connectivity index (χ1) is 15.6. The van der Waals surface area contributed by atoms with Crippen molar-refractivity contribution in [1.29, 1.82) is 0 Å². The highest BCUT2D eigenvalue weighted by Crippen LogP contribution is 2.32. The lowest BCUT2D eigenvalue weighted by atomic mass is 9.86. The van der Waals surface area contributed by atoms with Crippen molar-refractivity contribution in [1.82, 2.24) is 35.1 Å². The normalized spacial score (nSPS) is 15.2. The van der Waals surface area contributed by atoms with Crippen LogP contribution in [0.15, 0.2) is 6.20 Å². The summed E-state index contributed by atoms with van der Waals surface area (Å²) in [6.45, 7) is 7.79. The molecule has 0 unspecified atom stereocenters. The minimum absolute atomic E-state index is 0.176. The zero-order valence-electron chi connectivity index (χ0n) is 20.4. The van der Waals surface area contributed by atoms with Gasteiger partial charge in [-0.3, -0.25) is 9.59 Å². The van der Waals surface area contributed by atoms with Crippen LogP contribution < -0.4 is 20.1 Å². The molecule has 2 aromatic heterocycles. The number of hydrogen-bond donors (Lipinski definition) is 2. The quantitative estimate of drug-likeness (QED) is 0.658. The molecule has 180 valence electrons. The number of aromatic nitrogens is 4. The average Bonchev–Trinajstić information content (AvgIpc) is 3.01. The molecule has 2 amide bonds. The van der Waals surface area contributed by atoms with Gasteiger partial charge in [0.1, 0.15) is 11.9 Å². The number of nitrogens with one attached hydrogen (secondary N) is 2. The minimum atomic E-state index is -0.724. The molecule has 0 saturated heterocycles. The zero-order valence-corrected chi connectivity index (χ0v) is 20.4. The average molecular weight is 460 g/mol. The third-order valence-corrected chi connectivity index (χ3v) is 5.63. The van der Waals surface area contributed by atoms with Crippen LogP contribution in [0.1, 0.15) is 43.4 Å². The fourth-order valence-electron chi connectivity index (χ4n) is 3.89. The Kier molecular flexibility index (Phi) is 7.21. The van der Waals surface area contributed by atoms with Crippen LogP contribution in [0.3, 0.4) is 0 Å². The molecule has 3 rings (SSSR count). The maximum atomic E-state index is 13.4. The third-order valence-electron chi connectivity index (χ3n) is 5.63. The highest BCUT2D eigenvalue weighted by atomic mass is 16.5. The molecule has 3 heterocycles. The van der Waals surface area contributed by atoms with E-state index in [2.05, 4.69) is 25.5 Å². The Balaban J connectivity index is 2.11. The Morgan fingerprint density at radius 1 is 1.15 bits per heavy atom. The standard InChI is InChI=1S/C22H33N7O4/c1-22(2,3)16(19(31)23-4)26-18(30)15-14-12-28(5)9-8-10-29(14)17(25-15)13-11-24-21(33-7)27-20(13)32-6/h11,16H,8-10,12H2,1-7H3,(H,23,31)(H,26,30)/t16-/m1/s1. The molecule has 0 aliphatic carbocycles. The van der Waals surface area contributed by atoms with Crippen molar-refractivity contribution >= 4 is 11.8 Å². The molecule has 1 aliphatic rings. The Morgan fingerprint density at radius 3 is 2.48 bits per heavy atom. The summed E-state index contributed by atoms with van der Waals surface area (Å²) >= 11 is 0. The van der Waals surface area contributed by atoms with E-state index in [9.17, 15) is 9.59 Å². The summed E-state index contributed by atoms with van der Waals surface area (Å²) in [6, 6.07) is -0.548. The topological polar surface area (TPSA) is 124 Å². The summed E-state index contributed by atoms with van der Waals surface area (Å²) < 4.78 is 12.6. The number of imidazole rings is 1. The lowest BCUT2D eigenvalue weighted by Crippen LogP contribution is -2.53. The molecule has 0 aromatic carbocycles. The molecule has 11 heteroatoms. The Bertz CT molecular complexity index is 1030. The van der Waals surface area contributed by atoms with Crippen molar-refractivity contribution in [2.24, 2.45) is 5.41 Å². The second kappa shape index (κ2) is 9.74. The Hall–Kier alpha value is -3.21. The molecule has 0 saturated carbocycles. The van der Waals surface area contributed by atoms with E-state index in [1.54, 1.807) is 13.2 Å². The SMILES string of the molecule is CNC(=O)[C@@H](NC(=O)c1nc(-c2cnc(OC)nc2OC)n2c1CN(C)CCC2)C(C)(C)C. The Labute approximate surface area is 193 Å². The maximum Gasteiger partial charge on any atom is 0.319 e. The van der Waals surface area contributed by atoms with Crippen molar-refractivity contribution < 1.29 is 19.1 Å². The van der Waals surface area contributed by atoms with E-state index in [0.29, 0.717) is 30.4 Å². The summed E-state index contributed by atoms with van der Waals surface area (Å²) in [5.41, 5.74) is 1.11. The van der Waals surface area contributed by atoms with Crippen LogP contribution in [0.2, 0.25) is 0 Å². The molecule has 11 nitrogen and oxygen atoms in total. The van der Waals surface area contributed by atoms with Crippen LogP contribution in [-0.4, -0.2) is 77.1 Å². The fourth-order valence-corrected chi connectivity index (χ4v) is 3.89. The van der Waals surface area contributed by atoms with Crippen LogP contribution in [0.25, 0.3) is 11.4 Å². The van der Waals surface area contributed by atoms with Crippen LogP contribution in [0, 0.1) is 5.41 Å². The minimum Gasteiger partial charge on any atom is -0.480 e. The van der Waals surface area contributed by atoms with E-state index in [1.807, 2.05) is 32.4 Å². The maximum absolute atomic E-state index is 13.4. The number of ether oxygens (including phenoxy) is 2. The van der Waals surface area contributed by atoms with Crippen LogP contribution in [0.5, 0.6) is 11.9 Å². The van der Waals surface area contributed by atoms with Gasteiger partial charge in [0.25, 0.3) is 5.91 Å². The number of carbonyl (C=O) groups excluding carboxylic acids is 2. The van der Waals surface area contributed by atoms with Crippen LogP contribution in [0.4, 0.5) is 0 Å². The third kappa shape index (κ3) is 5.08. The van der Waals surface area contributed by atoms with E-state index in [0.717, 1.165) is 18.7 Å². The lowest BCUT2D eigenvalue weighted by molar-refractivity contribution is -0.124. The van der Waals surface area contributed by atoms with Crippen molar-refractivity contribution in [2.75, 3.05) is 34.9 Å². The van der Waals surface area contributed by atoms with Crippen molar-refractivity contribution in [2.45, 2.75) is 46.3 Å². The van der Waals surface area contributed by atoms with E-state index < -0.39 is 17.4 Å². The number of fused-ring (bicyclic) bond motifs is 1. The van der Waals surface area contributed by atoms with Gasteiger partial charge in [0, 0.05) is 26.3 Å². The summed E-state index contributed by atoms with van der Waals surface area (Å²) in [6.07, 6.45) is 2.47. The van der Waals surface area contributed by atoms with Crippen LogP contribution in [-0.2, 0) is 17.9 Å². The van der Waals surface area contributed by atoms with Gasteiger partial charge < -0.3 is 29.6 Å². The second-order valence-corrected chi connectivity index (χ2v) is 9.14. The van der Waals surface area contributed by atoms with Gasteiger partial charge in [0.15, 0.2) is 5.69 Å². The highest BCUT2D eigenvalue weighted by Gasteiger charge is 2.35. The van der Waals surface area contributed by atoms with Gasteiger partial charge in [-0.1, -0.05) is 20.8 Å². The smallest absolute Gasteiger partial charge is 0.319 e. The van der Waals surface area contributed by atoms with E-state index in [4.69, 9.17) is 14.5 Å². The van der Waals surface area contributed by atoms with Gasteiger partial charge >= 0.3 is 6.01 Å². The van der Waals surface area contributed by atoms with E-state index in [-0.39, 0.29) is 17.6 Å². The largest absolute Gasteiger partial charge is 0.480 e. The Morgan fingerprint density at radius 2 is 1.88 bits per heavy atom. The van der Waals surface area contributed by atoms with E-state index >= 15 is 0 Å². The molecular formula is C22H33N7O4. The number of methoxy groups -OCH3 is 2. The monoisotopic (exact) mass is 459 g/mol. The van der Waals surface area contributed by atoms with Crippen LogP contribution >= 0.6 is 0 Å². The number of hydrogen-bond acceptors (Lipinski definition) is 8.